The van der Waals surface area contributed by atoms with Gasteiger partial charge in [-0.3, -0.25) is 0 Å². The number of unbranched alkanes of at least 4 members (excludes halogenated alkanes) is 17. The fraction of sp³-hybridized carbons (Fsp3) is 0.769. The molecule has 0 aliphatic carbocycles. The third kappa shape index (κ3) is 11.0. The molecule has 0 saturated heterocycles. The second kappa shape index (κ2) is 16.5. The average molecular weight is 421 g/mol. The maximum atomic E-state index is 2.41. The molecular weight excluding hydrogens is 376 g/mol. The first-order valence-corrected chi connectivity index (χ1v) is 14.1. The first-order chi connectivity index (χ1) is 13.9. The Kier molecular flexibility index (Phi) is 14.1. The maximum Gasteiger partial charge on any atom is 0.0453 e. The van der Waals surface area contributed by atoms with Crippen LogP contribution >= 0.6 is 22.7 Å². The molecule has 0 fully saturated rings. The van der Waals surface area contributed by atoms with E-state index < -0.39 is 0 Å². The minimum absolute atomic E-state index is 1.30. The molecule has 0 nitrogen and oxygen atoms in total. The predicted octanol–water partition coefficient (Wildman–Crippen LogP) is 10.5. The zero-order valence-electron chi connectivity index (χ0n) is 18.5. The van der Waals surface area contributed by atoms with Crippen LogP contribution in [0, 0.1) is 0 Å². The monoisotopic (exact) mass is 420 g/mol. The summed E-state index contributed by atoms with van der Waals surface area (Å²) < 4.78 is 2.98. The van der Waals surface area contributed by atoms with Gasteiger partial charge >= 0.3 is 0 Å². The SMILES string of the molecule is CCCCCCCCCCCCCCCCCCCCc1cc2sccc2s1. The van der Waals surface area contributed by atoms with Crippen molar-refractivity contribution in [2.24, 2.45) is 0 Å². The van der Waals surface area contributed by atoms with Crippen LogP contribution in [0.15, 0.2) is 17.5 Å². The Balaban J connectivity index is 1.25. The van der Waals surface area contributed by atoms with Crippen molar-refractivity contribution >= 4 is 32.1 Å². The Hall–Kier alpha value is -0.340. The molecule has 0 atom stereocenters. The summed E-state index contributed by atoms with van der Waals surface area (Å²) in [4.78, 5) is 1.60. The molecule has 2 aromatic rings. The van der Waals surface area contributed by atoms with Crippen molar-refractivity contribution in [3.05, 3.63) is 22.4 Å². The van der Waals surface area contributed by atoms with E-state index in [0.717, 1.165) is 0 Å². The molecule has 0 aliphatic heterocycles. The molecule has 0 unspecified atom stereocenters. The average Bonchev–Trinajstić information content (AvgIpc) is 3.29. The molecular formula is C26H44S2. The molecule has 0 bridgehead atoms. The van der Waals surface area contributed by atoms with Gasteiger partial charge in [-0.2, -0.15) is 0 Å². The summed E-state index contributed by atoms with van der Waals surface area (Å²) >= 11 is 3.89. The Morgan fingerprint density at radius 3 is 1.50 bits per heavy atom. The van der Waals surface area contributed by atoms with Gasteiger partial charge in [0.1, 0.15) is 0 Å². The van der Waals surface area contributed by atoms with Gasteiger partial charge in [-0.1, -0.05) is 116 Å². The summed E-state index contributed by atoms with van der Waals surface area (Å²) in [7, 11) is 0. The van der Waals surface area contributed by atoms with E-state index in [-0.39, 0.29) is 0 Å². The molecule has 2 aromatic heterocycles. The minimum atomic E-state index is 1.30. The van der Waals surface area contributed by atoms with Crippen molar-refractivity contribution < 1.29 is 0 Å². The highest BCUT2D eigenvalue weighted by Crippen LogP contribution is 2.30. The fourth-order valence-electron chi connectivity index (χ4n) is 4.14. The number of hydrogen-bond acceptors (Lipinski definition) is 2. The van der Waals surface area contributed by atoms with Crippen LogP contribution in [0.5, 0.6) is 0 Å². The Morgan fingerprint density at radius 2 is 1.04 bits per heavy atom. The van der Waals surface area contributed by atoms with Gasteiger partial charge in [0.2, 0.25) is 0 Å². The molecule has 0 saturated carbocycles. The highest BCUT2D eigenvalue weighted by molar-refractivity contribution is 7.26. The minimum Gasteiger partial charge on any atom is -0.143 e. The number of fused-ring (bicyclic) bond motifs is 1. The second-order valence-electron chi connectivity index (χ2n) is 8.62. The van der Waals surface area contributed by atoms with Gasteiger partial charge in [-0.05, 0) is 30.4 Å². The first kappa shape index (κ1) is 23.9. The summed E-state index contributed by atoms with van der Waals surface area (Å²) in [6.07, 6.45) is 27.5. The number of aryl methyl sites for hydroxylation is 1. The quantitative estimate of drug-likeness (QED) is 0.198. The van der Waals surface area contributed by atoms with Crippen molar-refractivity contribution in [1.29, 1.82) is 0 Å². The third-order valence-electron chi connectivity index (χ3n) is 5.97. The molecule has 0 amide bonds. The molecule has 160 valence electrons. The van der Waals surface area contributed by atoms with Crippen LogP contribution in [0.25, 0.3) is 9.40 Å². The van der Waals surface area contributed by atoms with Crippen LogP contribution in [0.1, 0.15) is 127 Å². The number of hydrogen-bond donors (Lipinski definition) is 0. The van der Waals surface area contributed by atoms with Gasteiger partial charge in [0.25, 0.3) is 0 Å². The topological polar surface area (TPSA) is 0 Å². The zero-order valence-corrected chi connectivity index (χ0v) is 20.1. The summed E-state index contributed by atoms with van der Waals surface area (Å²) in [5.74, 6) is 0. The van der Waals surface area contributed by atoms with Crippen LogP contribution in [0.4, 0.5) is 0 Å². The molecule has 2 heterocycles. The highest BCUT2D eigenvalue weighted by atomic mass is 32.1. The fourth-order valence-corrected chi connectivity index (χ4v) is 6.32. The summed E-state index contributed by atoms with van der Waals surface area (Å²) in [5, 5.41) is 2.21. The van der Waals surface area contributed by atoms with E-state index in [1.165, 1.54) is 131 Å². The summed E-state index contributed by atoms with van der Waals surface area (Å²) in [6.45, 7) is 2.30. The van der Waals surface area contributed by atoms with E-state index in [1.54, 1.807) is 4.88 Å². The van der Waals surface area contributed by atoms with Gasteiger partial charge in [-0.25, -0.2) is 0 Å². The molecule has 0 aromatic carbocycles. The maximum absolute atomic E-state index is 2.41. The standard InChI is InChI=1S/C26H44S2/c1-2-3-4-5-6-7-8-9-10-11-12-13-14-15-16-17-18-19-20-24-23-26-25(28-24)21-22-27-26/h21-23H,2-20H2,1H3. The smallest absolute Gasteiger partial charge is 0.0453 e. The highest BCUT2D eigenvalue weighted by Gasteiger charge is 2.02. The molecule has 2 rings (SSSR count). The van der Waals surface area contributed by atoms with Crippen LogP contribution in [-0.2, 0) is 6.42 Å². The van der Waals surface area contributed by atoms with Crippen LogP contribution in [0.3, 0.4) is 0 Å². The van der Waals surface area contributed by atoms with Gasteiger partial charge < -0.3 is 0 Å². The van der Waals surface area contributed by atoms with Crippen molar-refractivity contribution in [2.75, 3.05) is 0 Å². The largest absolute Gasteiger partial charge is 0.143 e. The van der Waals surface area contributed by atoms with E-state index >= 15 is 0 Å². The van der Waals surface area contributed by atoms with E-state index in [0.29, 0.717) is 0 Å². The molecule has 0 radical (unpaired) electrons. The lowest BCUT2D eigenvalue weighted by Gasteiger charge is -2.04. The lowest BCUT2D eigenvalue weighted by molar-refractivity contribution is 0.525. The predicted molar refractivity (Wildman–Crippen MR) is 132 cm³/mol. The molecule has 0 aliphatic rings. The van der Waals surface area contributed by atoms with Crippen molar-refractivity contribution in [1.82, 2.24) is 0 Å². The van der Waals surface area contributed by atoms with Gasteiger partial charge in [0.15, 0.2) is 0 Å². The van der Waals surface area contributed by atoms with Crippen molar-refractivity contribution in [2.45, 2.75) is 129 Å². The third-order valence-corrected chi connectivity index (χ3v) is 8.12. The molecule has 28 heavy (non-hydrogen) atoms. The number of rotatable bonds is 19. The summed E-state index contributed by atoms with van der Waals surface area (Å²) in [5.41, 5.74) is 0. The van der Waals surface area contributed by atoms with Gasteiger partial charge in [0, 0.05) is 14.3 Å². The van der Waals surface area contributed by atoms with Crippen LogP contribution < -0.4 is 0 Å². The van der Waals surface area contributed by atoms with E-state index in [1.807, 2.05) is 22.7 Å². The van der Waals surface area contributed by atoms with Crippen molar-refractivity contribution in [3.8, 4) is 0 Å². The number of thiophene rings is 2. The lowest BCUT2D eigenvalue weighted by Crippen LogP contribution is -1.85. The summed E-state index contributed by atoms with van der Waals surface area (Å²) in [6, 6.07) is 4.68. The Morgan fingerprint density at radius 1 is 0.571 bits per heavy atom. The normalized spacial score (nSPS) is 11.6. The van der Waals surface area contributed by atoms with E-state index in [4.69, 9.17) is 0 Å². The van der Waals surface area contributed by atoms with Gasteiger partial charge in [0.05, 0.1) is 0 Å². The van der Waals surface area contributed by atoms with Crippen LogP contribution in [-0.4, -0.2) is 0 Å². The molecule has 0 N–H and O–H groups in total. The van der Waals surface area contributed by atoms with E-state index in [2.05, 4.69) is 24.4 Å². The lowest BCUT2D eigenvalue weighted by atomic mass is 10.0. The Labute approximate surface area is 183 Å². The zero-order chi connectivity index (χ0) is 19.7. The van der Waals surface area contributed by atoms with Crippen molar-refractivity contribution in [3.63, 3.8) is 0 Å². The Bertz CT molecular complexity index is 552. The molecule has 0 spiro atoms. The second-order valence-corrected chi connectivity index (χ2v) is 10.7. The first-order valence-electron chi connectivity index (χ1n) is 12.4. The molecule has 2 heteroatoms. The van der Waals surface area contributed by atoms with Crippen LogP contribution in [0.2, 0.25) is 0 Å². The van der Waals surface area contributed by atoms with Gasteiger partial charge in [-0.15, -0.1) is 22.7 Å². The van der Waals surface area contributed by atoms with E-state index in [9.17, 15) is 0 Å².